The van der Waals surface area contributed by atoms with E-state index in [1.54, 1.807) is 0 Å². The van der Waals surface area contributed by atoms with E-state index in [4.69, 9.17) is 4.74 Å². The van der Waals surface area contributed by atoms with E-state index in [2.05, 4.69) is 0 Å². The number of hydrogen-bond acceptors (Lipinski definition) is 5. The number of ether oxygens (including phenoxy) is 1. The second kappa shape index (κ2) is 7.93. The molecule has 116 valence electrons. The Morgan fingerprint density at radius 2 is 1.67 bits per heavy atom. The lowest BCUT2D eigenvalue weighted by molar-refractivity contribution is -0.140. The molecule has 0 aliphatic heterocycles. The summed E-state index contributed by atoms with van der Waals surface area (Å²) in [6, 6.07) is 5.65. The summed E-state index contributed by atoms with van der Waals surface area (Å²) < 4.78 is 28.8. The maximum absolute atomic E-state index is 12.0. The van der Waals surface area contributed by atoms with E-state index in [1.807, 2.05) is 13.8 Å². The van der Waals surface area contributed by atoms with Crippen LogP contribution >= 0.6 is 0 Å². The van der Waals surface area contributed by atoms with Gasteiger partial charge >= 0.3 is 5.97 Å². The predicted octanol–water partition coefficient (Wildman–Crippen LogP) is 2.40. The molecule has 6 heteroatoms. The van der Waals surface area contributed by atoms with Gasteiger partial charge in [-0.3, -0.25) is 9.59 Å². The summed E-state index contributed by atoms with van der Waals surface area (Å²) in [6.45, 7) is 3.94. The fourth-order valence-electron chi connectivity index (χ4n) is 1.72. The van der Waals surface area contributed by atoms with Crippen molar-refractivity contribution in [3.63, 3.8) is 0 Å². The molecule has 0 atom stereocenters. The van der Waals surface area contributed by atoms with Crippen molar-refractivity contribution < 1.29 is 22.7 Å². The lowest BCUT2D eigenvalue weighted by Crippen LogP contribution is -2.19. The minimum absolute atomic E-state index is 0.0176. The van der Waals surface area contributed by atoms with E-state index in [1.165, 1.54) is 24.3 Å². The van der Waals surface area contributed by atoms with Gasteiger partial charge in [-0.05, 0) is 25.0 Å². The normalized spacial score (nSPS) is 11.1. The van der Waals surface area contributed by atoms with Gasteiger partial charge in [-0.15, -0.1) is 0 Å². The van der Waals surface area contributed by atoms with Crippen LogP contribution in [-0.2, 0) is 19.4 Å². The van der Waals surface area contributed by atoms with Gasteiger partial charge in [0.05, 0.1) is 11.5 Å². The maximum atomic E-state index is 12.0. The first kappa shape index (κ1) is 17.4. The quantitative estimate of drug-likeness (QED) is 0.544. The summed E-state index contributed by atoms with van der Waals surface area (Å²) in [4.78, 5) is 23.1. The topological polar surface area (TPSA) is 77.5 Å². The van der Waals surface area contributed by atoms with Crippen LogP contribution in [-0.4, -0.2) is 32.5 Å². The number of Topliss-reactive ketones (excluding diaryl/α,β-unsaturated/α-hetero) is 1. The van der Waals surface area contributed by atoms with Gasteiger partial charge in [-0.25, -0.2) is 8.42 Å². The van der Waals surface area contributed by atoms with Crippen molar-refractivity contribution in [3.05, 3.63) is 29.8 Å². The monoisotopic (exact) mass is 312 g/mol. The number of rotatable bonds is 8. The summed E-state index contributed by atoms with van der Waals surface area (Å²) in [5.74, 6) is -1.47. The van der Waals surface area contributed by atoms with Crippen LogP contribution in [0.15, 0.2) is 29.2 Å². The Hall–Kier alpha value is -1.69. The highest BCUT2D eigenvalue weighted by Gasteiger charge is 2.20. The molecule has 0 aromatic heterocycles. The van der Waals surface area contributed by atoms with Crippen LogP contribution in [0.4, 0.5) is 0 Å². The summed E-state index contributed by atoms with van der Waals surface area (Å²) in [7, 11) is -3.73. The number of hydrogen-bond donors (Lipinski definition) is 0. The lowest BCUT2D eigenvalue weighted by Gasteiger charge is -2.06. The van der Waals surface area contributed by atoms with Crippen LogP contribution < -0.4 is 0 Å². The van der Waals surface area contributed by atoms with E-state index < -0.39 is 21.6 Å². The summed E-state index contributed by atoms with van der Waals surface area (Å²) in [6.07, 6.45) is 1.80. The fourth-order valence-corrected chi connectivity index (χ4v) is 2.83. The van der Waals surface area contributed by atoms with E-state index in [9.17, 15) is 18.0 Å². The van der Waals surface area contributed by atoms with Crippen LogP contribution in [0, 0.1) is 0 Å². The van der Waals surface area contributed by atoms with Crippen LogP contribution in [0.5, 0.6) is 0 Å². The molecule has 1 aromatic rings. The Bertz CT molecular complexity index is 587. The third-order valence-corrected chi connectivity index (χ3v) is 4.39. The minimum atomic E-state index is -3.73. The number of sulfone groups is 1. The molecule has 0 aliphatic carbocycles. The first-order valence-corrected chi connectivity index (χ1v) is 8.57. The second-order valence-electron chi connectivity index (χ2n) is 4.68. The summed E-state index contributed by atoms with van der Waals surface area (Å²) in [5.41, 5.74) is 0.476. The zero-order chi connectivity index (χ0) is 15.9. The molecule has 0 saturated carbocycles. The fraction of sp³-hybridized carbons (Fsp3) is 0.467. The van der Waals surface area contributed by atoms with Crippen molar-refractivity contribution in [2.45, 2.75) is 38.0 Å². The van der Waals surface area contributed by atoms with Crippen molar-refractivity contribution in [2.24, 2.45) is 0 Å². The Labute approximate surface area is 125 Å². The third kappa shape index (κ3) is 5.30. The van der Waals surface area contributed by atoms with Gasteiger partial charge in [0.1, 0.15) is 0 Å². The summed E-state index contributed by atoms with van der Waals surface area (Å²) >= 11 is 0. The standard InChI is InChI=1S/C15H20O5S/c1-3-5-14(16)12-6-8-13(9-7-12)21(18,19)11-15(17)20-10-4-2/h6-9H,3-5,10-11H2,1-2H3. The number of ketones is 1. The molecule has 1 aromatic carbocycles. The van der Waals surface area contributed by atoms with Crippen molar-refractivity contribution in [1.82, 2.24) is 0 Å². The molecule has 0 aliphatic rings. The number of esters is 1. The molecule has 0 unspecified atom stereocenters. The highest BCUT2D eigenvalue weighted by atomic mass is 32.2. The molecule has 21 heavy (non-hydrogen) atoms. The van der Waals surface area contributed by atoms with E-state index in [-0.39, 0.29) is 17.3 Å². The highest BCUT2D eigenvalue weighted by molar-refractivity contribution is 7.92. The van der Waals surface area contributed by atoms with Crippen molar-refractivity contribution in [2.75, 3.05) is 12.4 Å². The molecule has 0 spiro atoms. The Balaban J connectivity index is 2.80. The number of carbonyl (C=O) groups excluding carboxylic acids is 2. The molecular weight excluding hydrogens is 292 g/mol. The van der Waals surface area contributed by atoms with E-state index in [0.29, 0.717) is 18.4 Å². The second-order valence-corrected chi connectivity index (χ2v) is 6.67. The van der Waals surface area contributed by atoms with Crippen molar-refractivity contribution in [1.29, 1.82) is 0 Å². The van der Waals surface area contributed by atoms with Gasteiger partial charge in [-0.2, -0.15) is 0 Å². The lowest BCUT2D eigenvalue weighted by atomic mass is 10.1. The van der Waals surface area contributed by atoms with Gasteiger partial charge < -0.3 is 4.74 Å². The van der Waals surface area contributed by atoms with Gasteiger partial charge in [-0.1, -0.05) is 26.0 Å². The van der Waals surface area contributed by atoms with Crippen LogP contribution in [0.25, 0.3) is 0 Å². The average molecular weight is 312 g/mol. The molecule has 0 saturated heterocycles. The van der Waals surface area contributed by atoms with Gasteiger partial charge in [0.15, 0.2) is 21.4 Å². The largest absolute Gasteiger partial charge is 0.465 e. The minimum Gasteiger partial charge on any atom is -0.465 e. The Kier molecular flexibility index (Phi) is 6.55. The molecule has 5 nitrogen and oxygen atoms in total. The molecule has 0 radical (unpaired) electrons. The highest BCUT2D eigenvalue weighted by Crippen LogP contribution is 2.14. The zero-order valence-corrected chi connectivity index (χ0v) is 13.1. The van der Waals surface area contributed by atoms with E-state index in [0.717, 1.165) is 6.42 Å². The van der Waals surface area contributed by atoms with Crippen LogP contribution in [0.3, 0.4) is 0 Å². The Morgan fingerprint density at radius 1 is 1.05 bits per heavy atom. The first-order valence-electron chi connectivity index (χ1n) is 6.92. The zero-order valence-electron chi connectivity index (χ0n) is 12.3. The third-order valence-electron chi connectivity index (χ3n) is 2.79. The molecule has 1 rings (SSSR count). The molecule has 0 heterocycles. The molecule has 0 N–H and O–H groups in total. The molecule has 0 amide bonds. The smallest absolute Gasteiger partial charge is 0.321 e. The van der Waals surface area contributed by atoms with Gasteiger partial charge in [0.2, 0.25) is 0 Å². The molecular formula is C15H20O5S. The van der Waals surface area contributed by atoms with Crippen molar-refractivity contribution in [3.8, 4) is 0 Å². The summed E-state index contributed by atoms with van der Waals surface area (Å²) in [5, 5.41) is 0. The Morgan fingerprint density at radius 3 is 2.19 bits per heavy atom. The van der Waals surface area contributed by atoms with Crippen LogP contribution in [0.2, 0.25) is 0 Å². The van der Waals surface area contributed by atoms with E-state index >= 15 is 0 Å². The van der Waals surface area contributed by atoms with Crippen LogP contribution in [0.1, 0.15) is 43.5 Å². The molecule has 0 bridgehead atoms. The SMILES string of the molecule is CCCOC(=O)CS(=O)(=O)c1ccc(C(=O)CCC)cc1. The first-order chi connectivity index (χ1) is 9.90. The van der Waals surface area contributed by atoms with Gasteiger partial charge in [0.25, 0.3) is 0 Å². The van der Waals surface area contributed by atoms with Crippen molar-refractivity contribution >= 4 is 21.6 Å². The molecule has 0 fully saturated rings. The average Bonchev–Trinajstić information content (AvgIpc) is 2.45. The van der Waals surface area contributed by atoms with Gasteiger partial charge in [0, 0.05) is 12.0 Å². The maximum Gasteiger partial charge on any atom is 0.321 e. The predicted molar refractivity (Wildman–Crippen MR) is 79.0 cm³/mol. The number of benzene rings is 1. The number of carbonyl (C=O) groups is 2.